The Morgan fingerprint density at radius 1 is 1.40 bits per heavy atom. The number of rotatable bonds is 3. The van der Waals surface area contributed by atoms with E-state index in [1.165, 1.54) is 31.4 Å². The molecule has 4 heteroatoms. The Bertz CT molecular complexity index is 541. The first-order valence-electron chi connectivity index (χ1n) is 7.35. The van der Waals surface area contributed by atoms with Crippen LogP contribution in [0.3, 0.4) is 0 Å². The Labute approximate surface area is 119 Å². The number of benzene rings is 1. The Morgan fingerprint density at radius 3 is 2.95 bits per heavy atom. The molecule has 0 radical (unpaired) electrons. The number of hydrogen-bond donors (Lipinski definition) is 0. The number of non-ortho nitro benzene ring substituents is 1. The highest BCUT2D eigenvalue weighted by atomic mass is 16.6. The van der Waals surface area contributed by atoms with E-state index in [9.17, 15) is 10.1 Å². The SMILES string of the molecule is C=CCN1c2ccc([N+](=O)[O-])cc2C[C@@H]2CCCC[C@@H]21. The summed E-state index contributed by atoms with van der Waals surface area (Å²) in [7, 11) is 0. The lowest BCUT2D eigenvalue weighted by Gasteiger charge is -2.45. The van der Waals surface area contributed by atoms with Crippen LogP contribution in [0.5, 0.6) is 0 Å². The first-order valence-corrected chi connectivity index (χ1v) is 7.35. The fourth-order valence-corrected chi connectivity index (χ4v) is 3.80. The molecule has 2 aliphatic rings. The van der Waals surface area contributed by atoms with Crippen LogP contribution in [0.25, 0.3) is 0 Å². The van der Waals surface area contributed by atoms with E-state index in [0.29, 0.717) is 12.0 Å². The molecule has 2 atom stereocenters. The van der Waals surface area contributed by atoms with Gasteiger partial charge in [-0.15, -0.1) is 6.58 Å². The third kappa shape index (κ3) is 2.19. The van der Waals surface area contributed by atoms with Crippen LogP contribution in [0.2, 0.25) is 0 Å². The first-order chi connectivity index (χ1) is 9.70. The monoisotopic (exact) mass is 272 g/mol. The van der Waals surface area contributed by atoms with Crippen molar-refractivity contribution < 1.29 is 4.92 Å². The van der Waals surface area contributed by atoms with Gasteiger partial charge < -0.3 is 4.90 Å². The van der Waals surface area contributed by atoms with E-state index in [-0.39, 0.29) is 10.6 Å². The average Bonchev–Trinajstić information content (AvgIpc) is 2.46. The van der Waals surface area contributed by atoms with Crippen LogP contribution in [-0.4, -0.2) is 17.5 Å². The standard InChI is InChI=1S/C16H20N2O2/c1-2-9-17-15-6-4-3-5-12(15)10-13-11-14(18(19)20)7-8-16(13)17/h2,7-8,11-12,15H,1,3-6,9-10H2/t12-,15-/m0/s1. The van der Waals surface area contributed by atoms with Gasteiger partial charge in [0, 0.05) is 30.4 Å². The number of fused-ring (bicyclic) bond motifs is 2. The molecule has 0 N–H and O–H groups in total. The molecule has 1 aliphatic carbocycles. The maximum atomic E-state index is 11.0. The summed E-state index contributed by atoms with van der Waals surface area (Å²) in [4.78, 5) is 13.1. The Morgan fingerprint density at radius 2 is 2.20 bits per heavy atom. The van der Waals surface area contributed by atoms with Crippen molar-refractivity contribution in [1.82, 2.24) is 0 Å². The van der Waals surface area contributed by atoms with E-state index in [0.717, 1.165) is 18.5 Å². The zero-order chi connectivity index (χ0) is 14.1. The molecule has 4 nitrogen and oxygen atoms in total. The van der Waals surface area contributed by atoms with Crippen molar-refractivity contribution in [2.24, 2.45) is 5.92 Å². The topological polar surface area (TPSA) is 46.4 Å². The Balaban J connectivity index is 2.01. The molecular formula is C16H20N2O2. The third-order valence-corrected chi connectivity index (χ3v) is 4.66. The van der Waals surface area contributed by atoms with Gasteiger partial charge in [-0.3, -0.25) is 10.1 Å². The van der Waals surface area contributed by atoms with E-state index in [1.54, 1.807) is 12.1 Å². The molecule has 0 saturated heterocycles. The van der Waals surface area contributed by atoms with Crippen molar-refractivity contribution in [1.29, 1.82) is 0 Å². The fraction of sp³-hybridized carbons (Fsp3) is 0.500. The van der Waals surface area contributed by atoms with Gasteiger partial charge in [0.2, 0.25) is 0 Å². The lowest BCUT2D eigenvalue weighted by molar-refractivity contribution is -0.384. The van der Waals surface area contributed by atoms with Crippen molar-refractivity contribution in [3.63, 3.8) is 0 Å². The molecule has 3 rings (SSSR count). The van der Waals surface area contributed by atoms with Crippen LogP contribution in [0.1, 0.15) is 31.2 Å². The fourth-order valence-electron chi connectivity index (χ4n) is 3.80. The molecule has 0 spiro atoms. The molecule has 1 aliphatic heterocycles. The van der Waals surface area contributed by atoms with Crippen LogP contribution in [-0.2, 0) is 6.42 Å². The van der Waals surface area contributed by atoms with Crippen LogP contribution in [0.15, 0.2) is 30.9 Å². The highest BCUT2D eigenvalue weighted by molar-refractivity contribution is 5.61. The summed E-state index contributed by atoms with van der Waals surface area (Å²) in [5.74, 6) is 0.637. The molecule has 0 unspecified atom stereocenters. The molecule has 1 fully saturated rings. The minimum Gasteiger partial charge on any atom is -0.364 e. The van der Waals surface area contributed by atoms with Crippen LogP contribution in [0.4, 0.5) is 11.4 Å². The number of nitro benzene ring substituents is 1. The summed E-state index contributed by atoms with van der Waals surface area (Å²) >= 11 is 0. The average molecular weight is 272 g/mol. The lowest BCUT2D eigenvalue weighted by atomic mass is 9.76. The van der Waals surface area contributed by atoms with Gasteiger partial charge in [-0.1, -0.05) is 18.9 Å². The molecule has 106 valence electrons. The maximum Gasteiger partial charge on any atom is 0.269 e. The normalized spacial score (nSPS) is 24.7. The van der Waals surface area contributed by atoms with Crippen molar-refractivity contribution in [2.45, 2.75) is 38.1 Å². The van der Waals surface area contributed by atoms with Gasteiger partial charge in [0.25, 0.3) is 5.69 Å². The summed E-state index contributed by atoms with van der Waals surface area (Å²) in [5, 5.41) is 11.0. The number of nitrogens with zero attached hydrogens (tertiary/aromatic N) is 2. The van der Waals surface area contributed by atoms with E-state index >= 15 is 0 Å². The van der Waals surface area contributed by atoms with Gasteiger partial charge in [-0.25, -0.2) is 0 Å². The Hall–Kier alpha value is -1.84. The van der Waals surface area contributed by atoms with E-state index in [1.807, 2.05) is 12.1 Å². The summed E-state index contributed by atoms with van der Waals surface area (Å²) < 4.78 is 0. The zero-order valence-electron chi connectivity index (χ0n) is 11.6. The molecular weight excluding hydrogens is 252 g/mol. The maximum absolute atomic E-state index is 11.0. The predicted octanol–water partition coefficient (Wildman–Crippen LogP) is 3.70. The lowest BCUT2D eigenvalue weighted by Crippen LogP contribution is -2.47. The predicted molar refractivity (Wildman–Crippen MR) is 80.1 cm³/mol. The van der Waals surface area contributed by atoms with E-state index < -0.39 is 0 Å². The molecule has 1 heterocycles. The second-order valence-electron chi connectivity index (χ2n) is 5.83. The second-order valence-corrected chi connectivity index (χ2v) is 5.83. The molecule has 0 bridgehead atoms. The van der Waals surface area contributed by atoms with Crippen LogP contribution in [0, 0.1) is 16.0 Å². The molecule has 20 heavy (non-hydrogen) atoms. The number of nitro groups is 1. The van der Waals surface area contributed by atoms with Gasteiger partial charge in [-0.2, -0.15) is 0 Å². The van der Waals surface area contributed by atoms with E-state index in [4.69, 9.17) is 0 Å². The van der Waals surface area contributed by atoms with Gasteiger partial charge in [0.15, 0.2) is 0 Å². The van der Waals surface area contributed by atoms with Crippen molar-refractivity contribution in [3.8, 4) is 0 Å². The largest absolute Gasteiger partial charge is 0.364 e. The van der Waals surface area contributed by atoms with Crippen LogP contribution >= 0.6 is 0 Å². The van der Waals surface area contributed by atoms with Gasteiger partial charge in [0.1, 0.15) is 0 Å². The van der Waals surface area contributed by atoms with Crippen LogP contribution < -0.4 is 4.90 Å². The quantitative estimate of drug-likeness (QED) is 0.479. The molecule has 0 amide bonds. The number of anilines is 1. The second kappa shape index (κ2) is 5.27. The Kier molecular flexibility index (Phi) is 3.47. The van der Waals surface area contributed by atoms with Crippen molar-refractivity contribution >= 4 is 11.4 Å². The van der Waals surface area contributed by atoms with Crippen molar-refractivity contribution in [2.75, 3.05) is 11.4 Å². The summed E-state index contributed by atoms with van der Waals surface area (Å²) in [5.41, 5.74) is 2.50. The highest BCUT2D eigenvalue weighted by Gasteiger charge is 2.35. The molecule has 1 saturated carbocycles. The first kappa shape index (κ1) is 13.2. The minimum atomic E-state index is -0.301. The molecule has 0 aromatic heterocycles. The number of hydrogen-bond acceptors (Lipinski definition) is 3. The summed E-state index contributed by atoms with van der Waals surface area (Å²) in [6.07, 6.45) is 7.96. The van der Waals surface area contributed by atoms with Gasteiger partial charge in [-0.05, 0) is 36.8 Å². The highest BCUT2D eigenvalue weighted by Crippen LogP contribution is 2.41. The van der Waals surface area contributed by atoms with Gasteiger partial charge in [0.05, 0.1) is 4.92 Å². The zero-order valence-corrected chi connectivity index (χ0v) is 11.6. The summed E-state index contributed by atoms with van der Waals surface area (Å²) in [6, 6.07) is 5.88. The minimum absolute atomic E-state index is 0.205. The molecule has 1 aromatic rings. The van der Waals surface area contributed by atoms with Gasteiger partial charge >= 0.3 is 0 Å². The van der Waals surface area contributed by atoms with E-state index in [2.05, 4.69) is 11.5 Å². The van der Waals surface area contributed by atoms with Crippen molar-refractivity contribution in [3.05, 3.63) is 46.5 Å². The summed E-state index contributed by atoms with van der Waals surface area (Å²) in [6.45, 7) is 4.69. The molecule has 1 aromatic carbocycles. The smallest absolute Gasteiger partial charge is 0.269 e. The third-order valence-electron chi connectivity index (χ3n) is 4.66.